The van der Waals surface area contributed by atoms with Gasteiger partial charge in [-0.15, -0.1) is 0 Å². The van der Waals surface area contributed by atoms with Gasteiger partial charge in [0, 0.05) is 54.8 Å². The molecule has 0 radical (unpaired) electrons. The van der Waals surface area contributed by atoms with Gasteiger partial charge in [-0.1, -0.05) is 13.8 Å². The molecule has 0 spiro atoms. The van der Waals surface area contributed by atoms with Gasteiger partial charge in [0.05, 0.1) is 11.3 Å². The lowest BCUT2D eigenvalue weighted by Gasteiger charge is -2.29. The van der Waals surface area contributed by atoms with Crippen LogP contribution in [-0.2, 0) is 10.2 Å². The number of carboxylic acid groups (broad SMARTS) is 1. The molecular formula is C25H24FN3O5. The second-order valence-corrected chi connectivity index (χ2v) is 9.02. The molecule has 0 unspecified atom stereocenters. The number of amides is 2. The number of H-pyrrole nitrogens is 1. The predicted octanol–water partition coefficient (Wildman–Crippen LogP) is 4.23. The molecule has 0 fully saturated rings. The van der Waals surface area contributed by atoms with E-state index in [9.17, 15) is 23.9 Å². The minimum Gasteiger partial charge on any atom is -0.478 e. The summed E-state index contributed by atoms with van der Waals surface area (Å²) in [7, 11) is 3.15. The summed E-state index contributed by atoms with van der Waals surface area (Å²) in [5.74, 6) is -1.79. The first-order valence-electron chi connectivity index (χ1n) is 10.6. The van der Waals surface area contributed by atoms with Gasteiger partial charge in [-0.25, -0.2) is 14.0 Å². The molecule has 2 amide bonds. The van der Waals surface area contributed by atoms with Crippen molar-refractivity contribution >= 4 is 34.4 Å². The van der Waals surface area contributed by atoms with Gasteiger partial charge in [0.25, 0.3) is 5.91 Å². The number of carbonyl (C=O) groups is 3. The van der Waals surface area contributed by atoms with Gasteiger partial charge in [-0.05, 0) is 42.0 Å². The summed E-state index contributed by atoms with van der Waals surface area (Å²) >= 11 is 0. The Morgan fingerprint density at radius 2 is 1.79 bits per heavy atom. The average Bonchev–Trinajstić information content (AvgIpc) is 3.10. The number of carbonyl (C=O) groups excluding carboxylic acids is 2. The molecule has 0 aliphatic carbocycles. The fourth-order valence-corrected chi connectivity index (χ4v) is 4.16. The minimum atomic E-state index is -1.21. The molecule has 0 saturated carbocycles. The van der Waals surface area contributed by atoms with Crippen molar-refractivity contribution in [3.8, 4) is 5.75 Å². The van der Waals surface area contributed by atoms with Crippen LogP contribution in [0.15, 0.2) is 48.7 Å². The molecule has 1 aliphatic heterocycles. The minimum absolute atomic E-state index is 0.0842. The first-order chi connectivity index (χ1) is 16.0. The number of hydrogen-bond donors (Lipinski definition) is 2. The number of aromatic nitrogens is 1. The second kappa shape index (κ2) is 8.33. The number of nitrogens with zero attached hydrogens (tertiary/aromatic N) is 2. The van der Waals surface area contributed by atoms with Gasteiger partial charge in [0.15, 0.2) is 0 Å². The van der Waals surface area contributed by atoms with E-state index in [2.05, 4.69) is 4.98 Å². The maximum Gasteiger partial charge on any atom is 0.414 e. The number of nitrogens with one attached hydrogen (secondary N) is 1. The van der Waals surface area contributed by atoms with E-state index in [4.69, 9.17) is 4.74 Å². The van der Waals surface area contributed by atoms with Crippen molar-refractivity contribution in [2.45, 2.75) is 19.3 Å². The van der Waals surface area contributed by atoms with E-state index in [0.717, 1.165) is 10.9 Å². The zero-order valence-electron chi connectivity index (χ0n) is 19.2. The van der Waals surface area contributed by atoms with Crippen LogP contribution in [-0.4, -0.2) is 58.5 Å². The molecular weight excluding hydrogens is 441 g/mol. The van der Waals surface area contributed by atoms with E-state index in [-0.39, 0.29) is 17.7 Å². The van der Waals surface area contributed by atoms with Crippen molar-refractivity contribution in [1.82, 2.24) is 14.8 Å². The number of carboxylic acids is 1. The third kappa shape index (κ3) is 4.12. The molecule has 9 heteroatoms. The Hall–Kier alpha value is -4.14. The highest BCUT2D eigenvalue weighted by Crippen LogP contribution is 2.41. The number of ether oxygens (including phenoxy) is 1. The highest BCUT2D eigenvalue weighted by Gasteiger charge is 2.37. The van der Waals surface area contributed by atoms with Crippen LogP contribution in [0.2, 0.25) is 0 Å². The highest BCUT2D eigenvalue weighted by atomic mass is 19.1. The molecule has 34 heavy (non-hydrogen) atoms. The third-order valence-corrected chi connectivity index (χ3v) is 5.72. The van der Waals surface area contributed by atoms with E-state index in [1.807, 2.05) is 13.8 Å². The predicted molar refractivity (Wildman–Crippen MR) is 124 cm³/mol. The summed E-state index contributed by atoms with van der Waals surface area (Å²) < 4.78 is 18.7. The van der Waals surface area contributed by atoms with Gasteiger partial charge >= 0.3 is 12.1 Å². The zero-order valence-corrected chi connectivity index (χ0v) is 19.2. The van der Waals surface area contributed by atoms with Crippen LogP contribution in [0.4, 0.5) is 9.18 Å². The molecule has 1 aromatic heterocycles. The number of aliphatic carboxylic acids is 1. The monoisotopic (exact) mass is 465 g/mol. The largest absolute Gasteiger partial charge is 0.478 e. The van der Waals surface area contributed by atoms with E-state index in [1.54, 1.807) is 32.3 Å². The summed E-state index contributed by atoms with van der Waals surface area (Å²) in [6.45, 7) is 4.03. The van der Waals surface area contributed by atoms with Crippen LogP contribution in [0.5, 0.6) is 5.75 Å². The van der Waals surface area contributed by atoms with Crippen molar-refractivity contribution in [2.75, 3.05) is 20.6 Å². The van der Waals surface area contributed by atoms with Gasteiger partial charge < -0.3 is 24.6 Å². The lowest BCUT2D eigenvalue weighted by atomic mass is 9.81. The van der Waals surface area contributed by atoms with Crippen LogP contribution in [0.25, 0.3) is 16.5 Å². The molecule has 3 aromatic rings. The Kier molecular flexibility index (Phi) is 5.64. The van der Waals surface area contributed by atoms with Crippen molar-refractivity contribution in [1.29, 1.82) is 0 Å². The summed E-state index contributed by atoms with van der Waals surface area (Å²) in [5.41, 5.74) is 1.22. The standard InChI is InChI=1S/C25H24FN3O5/c1-25(2)13-29(22(30)14-5-7-15(26)8-6-14)12-18(23(31)32)21-20(25)17-10-9-16(11-19(17)27-21)34-24(33)28(3)4/h5-12,27H,13H2,1-4H3,(H,31,32). The fraction of sp³-hybridized carbons (Fsp3) is 0.240. The van der Waals surface area contributed by atoms with E-state index in [0.29, 0.717) is 17.0 Å². The topological polar surface area (TPSA) is 103 Å². The van der Waals surface area contributed by atoms with Gasteiger partial charge in [-0.2, -0.15) is 0 Å². The van der Waals surface area contributed by atoms with E-state index >= 15 is 0 Å². The van der Waals surface area contributed by atoms with E-state index in [1.165, 1.54) is 40.3 Å². The second-order valence-electron chi connectivity index (χ2n) is 9.02. The Labute approximate surface area is 195 Å². The number of benzene rings is 2. The number of fused-ring (bicyclic) bond motifs is 3. The Balaban J connectivity index is 1.82. The number of halogens is 1. The third-order valence-electron chi connectivity index (χ3n) is 5.72. The first kappa shape index (κ1) is 23.0. The van der Waals surface area contributed by atoms with Crippen molar-refractivity contribution < 1.29 is 28.6 Å². The summed E-state index contributed by atoms with van der Waals surface area (Å²) in [4.78, 5) is 43.1. The Bertz CT molecular complexity index is 1340. The molecule has 8 nitrogen and oxygen atoms in total. The smallest absolute Gasteiger partial charge is 0.414 e. The van der Waals surface area contributed by atoms with Gasteiger partial charge in [0.2, 0.25) is 0 Å². The summed E-state index contributed by atoms with van der Waals surface area (Å²) in [6.07, 6.45) is 0.776. The summed E-state index contributed by atoms with van der Waals surface area (Å²) in [6, 6.07) is 10.2. The zero-order chi connectivity index (χ0) is 24.8. The molecule has 0 atom stereocenters. The van der Waals surface area contributed by atoms with Gasteiger partial charge in [-0.3, -0.25) is 4.79 Å². The molecule has 2 aromatic carbocycles. The maximum absolute atomic E-state index is 13.3. The molecule has 2 N–H and O–H groups in total. The first-order valence-corrected chi connectivity index (χ1v) is 10.6. The van der Waals surface area contributed by atoms with Crippen molar-refractivity contribution in [3.05, 3.63) is 71.3 Å². The number of hydrogen-bond acceptors (Lipinski definition) is 4. The van der Waals surface area contributed by atoms with E-state index < -0.39 is 29.2 Å². The number of aromatic amines is 1. The molecule has 1 aliphatic rings. The van der Waals surface area contributed by atoms with Gasteiger partial charge in [0.1, 0.15) is 11.6 Å². The van der Waals surface area contributed by atoms with Crippen LogP contribution in [0.3, 0.4) is 0 Å². The molecule has 0 saturated heterocycles. The Morgan fingerprint density at radius 3 is 2.41 bits per heavy atom. The molecule has 4 rings (SSSR count). The molecule has 0 bridgehead atoms. The quantitative estimate of drug-likeness (QED) is 0.603. The normalized spacial score (nSPS) is 14.7. The average molecular weight is 465 g/mol. The molecule has 176 valence electrons. The maximum atomic E-state index is 13.3. The number of rotatable bonds is 3. The van der Waals surface area contributed by atoms with Crippen molar-refractivity contribution in [2.24, 2.45) is 0 Å². The van der Waals surface area contributed by atoms with Crippen LogP contribution >= 0.6 is 0 Å². The fourth-order valence-electron chi connectivity index (χ4n) is 4.16. The lowest BCUT2D eigenvalue weighted by molar-refractivity contribution is -0.130. The molecule has 2 heterocycles. The highest BCUT2D eigenvalue weighted by molar-refractivity contribution is 6.17. The lowest BCUT2D eigenvalue weighted by Crippen LogP contribution is -2.36. The van der Waals surface area contributed by atoms with Crippen LogP contribution in [0.1, 0.15) is 35.5 Å². The van der Waals surface area contributed by atoms with Crippen LogP contribution < -0.4 is 4.74 Å². The Morgan fingerprint density at radius 1 is 1.12 bits per heavy atom. The SMILES string of the molecule is CN(C)C(=O)Oc1ccc2c3c([nH]c2c1)C(C(=O)O)=CN(C(=O)c1ccc(F)cc1)CC3(C)C. The van der Waals surface area contributed by atoms with Crippen molar-refractivity contribution in [3.63, 3.8) is 0 Å². The summed E-state index contributed by atoms with van der Waals surface area (Å²) in [5, 5.41) is 10.8. The van der Waals surface area contributed by atoms with Crippen LogP contribution in [0, 0.1) is 5.82 Å².